The summed E-state index contributed by atoms with van der Waals surface area (Å²) in [5.74, 6) is -0.602. The Bertz CT molecular complexity index is 643. The molecule has 0 spiro atoms. The molecule has 0 fully saturated rings. The van der Waals surface area contributed by atoms with Gasteiger partial charge in [0.2, 0.25) is 0 Å². The number of hydrogen-bond acceptors (Lipinski definition) is 1. The molecule has 2 nitrogen and oxygen atoms in total. The van der Waals surface area contributed by atoms with Gasteiger partial charge in [0.15, 0.2) is 0 Å². The van der Waals surface area contributed by atoms with Gasteiger partial charge in [-0.1, -0.05) is 35.0 Å². The third-order valence-corrected chi connectivity index (χ3v) is 4.35. The van der Waals surface area contributed by atoms with Crippen LogP contribution in [0.25, 0.3) is 0 Å². The van der Waals surface area contributed by atoms with E-state index in [-0.39, 0.29) is 17.8 Å². The van der Waals surface area contributed by atoms with E-state index in [0.717, 1.165) is 16.5 Å². The highest BCUT2D eigenvalue weighted by atomic mass is 79.9. The van der Waals surface area contributed by atoms with Crippen LogP contribution in [0.2, 0.25) is 0 Å². The molecule has 2 rings (SSSR count). The molecule has 0 radical (unpaired) electrons. The third-order valence-electron chi connectivity index (χ3n) is 3.16. The van der Waals surface area contributed by atoms with E-state index in [1.54, 1.807) is 0 Å². The molecule has 1 amide bonds. The van der Waals surface area contributed by atoms with Crippen LogP contribution in [0.3, 0.4) is 0 Å². The molecular weight excluding hydrogens is 401 g/mol. The molecule has 1 atom stereocenters. The largest absolute Gasteiger partial charge is 0.345 e. The van der Waals surface area contributed by atoms with Gasteiger partial charge in [-0.2, -0.15) is 0 Å². The zero-order valence-corrected chi connectivity index (χ0v) is 14.5. The summed E-state index contributed by atoms with van der Waals surface area (Å²) in [6, 6.07) is 11.8. The summed E-state index contributed by atoms with van der Waals surface area (Å²) in [4.78, 5) is 12.3. The molecule has 0 aliphatic carbocycles. The second kappa shape index (κ2) is 7.18. The van der Waals surface area contributed by atoms with E-state index in [1.807, 2.05) is 31.2 Å². The highest BCUT2D eigenvalue weighted by Gasteiger charge is 2.16. The number of benzene rings is 2. The van der Waals surface area contributed by atoms with Gasteiger partial charge >= 0.3 is 0 Å². The Morgan fingerprint density at radius 3 is 2.43 bits per heavy atom. The summed E-state index contributed by atoms with van der Waals surface area (Å²) in [7, 11) is 0. The average Bonchev–Trinajstić information content (AvgIpc) is 2.45. The van der Waals surface area contributed by atoms with Crippen LogP contribution >= 0.6 is 31.9 Å². The summed E-state index contributed by atoms with van der Waals surface area (Å²) < 4.78 is 14.5. The lowest BCUT2D eigenvalue weighted by molar-refractivity contribution is 0.0934. The second-order valence-corrected chi connectivity index (χ2v) is 6.38. The first-order valence-electron chi connectivity index (χ1n) is 6.52. The fraction of sp³-hybridized carbons (Fsp3) is 0.188. The smallest absolute Gasteiger partial charge is 0.252 e. The molecule has 0 aliphatic rings. The van der Waals surface area contributed by atoms with E-state index in [2.05, 4.69) is 37.2 Å². The average molecular weight is 415 g/mol. The van der Waals surface area contributed by atoms with Crippen molar-refractivity contribution < 1.29 is 9.18 Å². The van der Waals surface area contributed by atoms with Gasteiger partial charge < -0.3 is 5.32 Å². The standard InChI is InChI=1S/C16H14Br2FNO/c1-2-15(10-3-5-11(17)6-4-10)20-16(21)13-8-7-12(19)9-14(13)18/h3-9,15H,2H2,1H3,(H,20,21). The molecule has 5 heteroatoms. The van der Waals surface area contributed by atoms with Crippen LogP contribution in [-0.2, 0) is 0 Å². The molecule has 110 valence electrons. The first kappa shape index (κ1) is 16.2. The van der Waals surface area contributed by atoms with E-state index in [4.69, 9.17) is 0 Å². The van der Waals surface area contributed by atoms with Crippen LogP contribution in [0.1, 0.15) is 35.3 Å². The number of halogens is 3. The topological polar surface area (TPSA) is 29.1 Å². The Morgan fingerprint density at radius 1 is 1.19 bits per heavy atom. The van der Waals surface area contributed by atoms with Crippen LogP contribution in [0.4, 0.5) is 4.39 Å². The number of amides is 1. The Labute approximate surface area is 140 Å². The molecular formula is C16H14Br2FNO. The first-order chi connectivity index (χ1) is 10.0. The molecule has 0 aromatic heterocycles. The molecule has 0 saturated carbocycles. The first-order valence-corrected chi connectivity index (χ1v) is 8.11. The van der Waals surface area contributed by atoms with Crippen molar-refractivity contribution in [1.29, 1.82) is 0 Å². The third kappa shape index (κ3) is 4.14. The predicted octanol–water partition coefficient (Wildman–Crippen LogP) is 5.23. The molecule has 0 saturated heterocycles. The molecule has 2 aromatic carbocycles. The van der Waals surface area contributed by atoms with E-state index in [0.29, 0.717) is 10.0 Å². The lowest BCUT2D eigenvalue weighted by atomic mass is 10.0. The minimum atomic E-state index is -0.377. The second-order valence-electron chi connectivity index (χ2n) is 4.61. The van der Waals surface area contributed by atoms with Crippen molar-refractivity contribution in [2.75, 3.05) is 0 Å². The Hall–Kier alpha value is -1.20. The molecule has 1 N–H and O–H groups in total. The summed E-state index contributed by atoms with van der Waals surface area (Å²) in [5, 5.41) is 2.97. The SMILES string of the molecule is CCC(NC(=O)c1ccc(F)cc1Br)c1ccc(Br)cc1. The molecule has 21 heavy (non-hydrogen) atoms. The van der Waals surface area contributed by atoms with Gasteiger partial charge in [-0.25, -0.2) is 4.39 Å². The van der Waals surface area contributed by atoms with Crippen LogP contribution < -0.4 is 5.32 Å². The van der Waals surface area contributed by atoms with Crippen molar-refractivity contribution in [2.45, 2.75) is 19.4 Å². The van der Waals surface area contributed by atoms with Gasteiger partial charge in [-0.05, 0) is 58.2 Å². The molecule has 1 unspecified atom stereocenters. The zero-order chi connectivity index (χ0) is 15.4. The van der Waals surface area contributed by atoms with Gasteiger partial charge in [0.1, 0.15) is 5.82 Å². The fourth-order valence-corrected chi connectivity index (χ4v) is 2.82. The minimum absolute atomic E-state index is 0.0810. The van der Waals surface area contributed by atoms with E-state index in [1.165, 1.54) is 18.2 Å². The fourth-order valence-electron chi connectivity index (χ4n) is 2.03. The van der Waals surface area contributed by atoms with Gasteiger partial charge in [-0.15, -0.1) is 0 Å². The van der Waals surface area contributed by atoms with Crippen molar-refractivity contribution in [3.8, 4) is 0 Å². The quantitative estimate of drug-likeness (QED) is 0.728. The maximum atomic E-state index is 13.1. The summed E-state index contributed by atoms with van der Waals surface area (Å²) >= 11 is 6.61. The van der Waals surface area contributed by atoms with Crippen LogP contribution in [0, 0.1) is 5.82 Å². The maximum absolute atomic E-state index is 13.1. The number of nitrogens with one attached hydrogen (secondary N) is 1. The van der Waals surface area contributed by atoms with Crippen molar-refractivity contribution in [2.24, 2.45) is 0 Å². The van der Waals surface area contributed by atoms with Crippen LogP contribution in [0.5, 0.6) is 0 Å². The lowest BCUT2D eigenvalue weighted by Crippen LogP contribution is -2.28. The van der Waals surface area contributed by atoms with E-state index < -0.39 is 0 Å². The Kier molecular flexibility index (Phi) is 5.53. The van der Waals surface area contributed by atoms with Gasteiger partial charge in [-0.3, -0.25) is 4.79 Å². The van der Waals surface area contributed by atoms with Gasteiger partial charge in [0.25, 0.3) is 5.91 Å². The van der Waals surface area contributed by atoms with Crippen LogP contribution in [0.15, 0.2) is 51.4 Å². The molecule has 2 aromatic rings. The van der Waals surface area contributed by atoms with Crippen molar-refractivity contribution >= 4 is 37.8 Å². The highest BCUT2D eigenvalue weighted by Crippen LogP contribution is 2.22. The van der Waals surface area contributed by atoms with E-state index >= 15 is 0 Å². The Balaban J connectivity index is 2.18. The summed E-state index contributed by atoms with van der Waals surface area (Å²) in [6.45, 7) is 2.01. The number of carbonyl (C=O) groups excluding carboxylic acids is 1. The summed E-state index contributed by atoms with van der Waals surface area (Å²) in [5.41, 5.74) is 1.46. The number of rotatable bonds is 4. The Morgan fingerprint density at radius 2 is 1.86 bits per heavy atom. The molecule has 0 bridgehead atoms. The van der Waals surface area contributed by atoms with Crippen LogP contribution in [-0.4, -0.2) is 5.91 Å². The van der Waals surface area contributed by atoms with Gasteiger partial charge in [0, 0.05) is 8.95 Å². The monoisotopic (exact) mass is 413 g/mol. The number of carbonyl (C=O) groups is 1. The highest BCUT2D eigenvalue weighted by molar-refractivity contribution is 9.10. The number of hydrogen-bond donors (Lipinski definition) is 1. The molecule has 0 heterocycles. The maximum Gasteiger partial charge on any atom is 0.252 e. The normalized spacial score (nSPS) is 12.0. The minimum Gasteiger partial charge on any atom is -0.345 e. The summed E-state index contributed by atoms with van der Waals surface area (Å²) in [6.07, 6.45) is 0.770. The van der Waals surface area contributed by atoms with Crippen molar-refractivity contribution in [3.05, 3.63) is 68.4 Å². The zero-order valence-electron chi connectivity index (χ0n) is 11.4. The van der Waals surface area contributed by atoms with Gasteiger partial charge in [0.05, 0.1) is 11.6 Å². The predicted molar refractivity (Wildman–Crippen MR) is 88.7 cm³/mol. The van der Waals surface area contributed by atoms with E-state index in [9.17, 15) is 9.18 Å². The van der Waals surface area contributed by atoms with Crippen molar-refractivity contribution in [3.63, 3.8) is 0 Å². The molecule has 0 aliphatic heterocycles. The van der Waals surface area contributed by atoms with Crippen molar-refractivity contribution in [1.82, 2.24) is 5.32 Å². The lowest BCUT2D eigenvalue weighted by Gasteiger charge is -2.18.